The van der Waals surface area contributed by atoms with E-state index in [9.17, 15) is 14.9 Å². The Hall–Kier alpha value is -3.43. The minimum absolute atomic E-state index is 0.0357. The van der Waals surface area contributed by atoms with Crippen molar-refractivity contribution in [2.24, 2.45) is 0 Å². The van der Waals surface area contributed by atoms with Gasteiger partial charge in [-0.1, -0.05) is 23.2 Å². The molecule has 0 aliphatic carbocycles. The number of nitrogens with one attached hydrogen (secondary N) is 2. The first kappa shape index (κ1) is 20.3. The summed E-state index contributed by atoms with van der Waals surface area (Å²) in [7, 11) is 1.28. The molecule has 2 N–H and O–H groups in total. The second-order valence-electron chi connectivity index (χ2n) is 5.65. The molecule has 0 unspecified atom stereocenters. The van der Waals surface area contributed by atoms with E-state index in [1.807, 2.05) is 0 Å². The van der Waals surface area contributed by atoms with Crippen molar-refractivity contribution in [3.63, 3.8) is 0 Å². The fourth-order valence-electron chi connectivity index (χ4n) is 2.44. The lowest BCUT2D eigenvalue weighted by Gasteiger charge is -2.11. The fourth-order valence-corrected chi connectivity index (χ4v) is 2.97. The van der Waals surface area contributed by atoms with Crippen molar-refractivity contribution in [2.45, 2.75) is 0 Å². The van der Waals surface area contributed by atoms with Gasteiger partial charge in [0, 0.05) is 21.4 Å². The number of methoxy groups -OCH3 is 1. The number of benzene rings is 2. The van der Waals surface area contributed by atoms with Crippen LogP contribution < -0.4 is 10.6 Å². The minimum Gasteiger partial charge on any atom is -0.465 e. The summed E-state index contributed by atoms with van der Waals surface area (Å²) in [6, 6.07) is 10.8. The van der Waals surface area contributed by atoms with E-state index in [1.165, 1.54) is 31.6 Å². The lowest BCUT2D eigenvalue weighted by atomic mass is 10.2. The van der Waals surface area contributed by atoms with Gasteiger partial charge in [-0.3, -0.25) is 10.1 Å². The van der Waals surface area contributed by atoms with E-state index in [4.69, 9.17) is 23.2 Å². The molecule has 148 valence electrons. The standard InChI is InChI=1S/C18H13Cl2N5O4/c1-29-18(26)10-2-4-13(5-3-10)23-16-15(25(27)28)17(22-9-21-16)24-14-7-11(19)6-12(20)8-14/h2-9H,1H3,(H2,21,22,23,24). The number of carbonyl (C=O) groups excluding carboxylic acids is 1. The van der Waals surface area contributed by atoms with Gasteiger partial charge in [0.05, 0.1) is 17.6 Å². The molecule has 0 spiro atoms. The van der Waals surface area contributed by atoms with Crippen molar-refractivity contribution in [3.05, 3.63) is 74.5 Å². The van der Waals surface area contributed by atoms with Gasteiger partial charge in [-0.05, 0) is 42.5 Å². The summed E-state index contributed by atoms with van der Waals surface area (Å²) < 4.78 is 4.64. The number of ether oxygens (including phenoxy) is 1. The zero-order valence-corrected chi connectivity index (χ0v) is 16.4. The average molecular weight is 434 g/mol. The maximum atomic E-state index is 11.7. The highest BCUT2D eigenvalue weighted by atomic mass is 35.5. The van der Waals surface area contributed by atoms with Crippen molar-refractivity contribution in [1.82, 2.24) is 9.97 Å². The van der Waals surface area contributed by atoms with E-state index < -0.39 is 10.9 Å². The third-order valence-corrected chi connectivity index (χ3v) is 4.14. The molecule has 0 saturated heterocycles. The van der Waals surface area contributed by atoms with Crippen LogP contribution in [0.25, 0.3) is 0 Å². The van der Waals surface area contributed by atoms with Crippen molar-refractivity contribution in [3.8, 4) is 0 Å². The van der Waals surface area contributed by atoms with Gasteiger partial charge in [0.25, 0.3) is 0 Å². The number of rotatable bonds is 6. The molecule has 9 nitrogen and oxygen atoms in total. The van der Waals surface area contributed by atoms with Gasteiger partial charge in [0.2, 0.25) is 11.6 Å². The van der Waals surface area contributed by atoms with Crippen LogP contribution in [0.2, 0.25) is 10.0 Å². The number of nitro groups is 1. The molecule has 0 fully saturated rings. The molecule has 1 heterocycles. The molecule has 0 aliphatic rings. The Balaban J connectivity index is 1.92. The number of hydrogen-bond donors (Lipinski definition) is 2. The molecule has 0 bridgehead atoms. The van der Waals surface area contributed by atoms with Gasteiger partial charge in [0.1, 0.15) is 6.33 Å². The second kappa shape index (κ2) is 8.72. The van der Waals surface area contributed by atoms with Gasteiger partial charge in [-0.25, -0.2) is 14.8 Å². The number of halogens is 2. The molecule has 0 saturated carbocycles. The molecular formula is C18H13Cl2N5O4. The van der Waals surface area contributed by atoms with E-state index in [1.54, 1.807) is 24.3 Å². The lowest BCUT2D eigenvalue weighted by Crippen LogP contribution is -2.06. The Labute approximate surface area is 174 Å². The normalized spacial score (nSPS) is 10.3. The van der Waals surface area contributed by atoms with Gasteiger partial charge in [-0.15, -0.1) is 0 Å². The van der Waals surface area contributed by atoms with E-state index in [2.05, 4.69) is 25.3 Å². The lowest BCUT2D eigenvalue weighted by molar-refractivity contribution is -0.383. The molecule has 0 radical (unpaired) electrons. The number of anilines is 4. The molecule has 29 heavy (non-hydrogen) atoms. The number of aromatic nitrogens is 2. The van der Waals surface area contributed by atoms with Crippen LogP contribution >= 0.6 is 23.2 Å². The average Bonchev–Trinajstić information content (AvgIpc) is 2.67. The highest BCUT2D eigenvalue weighted by Crippen LogP contribution is 2.34. The molecule has 0 aliphatic heterocycles. The number of esters is 1. The monoisotopic (exact) mass is 433 g/mol. The van der Waals surface area contributed by atoms with E-state index >= 15 is 0 Å². The first-order chi connectivity index (χ1) is 13.9. The summed E-state index contributed by atoms with van der Waals surface area (Å²) >= 11 is 11.9. The topological polar surface area (TPSA) is 119 Å². The third-order valence-electron chi connectivity index (χ3n) is 3.70. The smallest absolute Gasteiger partial charge is 0.353 e. The van der Waals surface area contributed by atoms with Gasteiger partial charge < -0.3 is 15.4 Å². The Morgan fingerprint density at radius 3 is 2.07 bits per heavy atom. The molecule has 3 rings (SSSR count). The fraction of sp³-hybridized carbons (Fsp3) is 0.0556. The number of hydrogen-bond acceptors (Lipinski definition) is 8. The predicted octanol–water partition coefficient (Wildman–Crippen LogP) is 4.97. The SMILES string of the molecule is COC(=O)c1ccc(Nc2ncnc(Nc3cc(Cl)cc(Cl)c3)c2[N+](=O)[O-])cc1. The Bertz CT molecular complexity index is 1060. The summed E-state index contributed by atoms with van der Waals surface area (Å²) in [6.45, 7) is 0. The van der Waals surface area contributed by atoms with Gasteiger partial charge in [-0.2, -0.15) is 0 Å². The second-order valence-corrected chi connectivity index (χ2v) is 6.53. The summed E-state index contributed by atoms with van der Waals surface area (Å²) in [5.74, 6) is -0.570. The van der Waals surface area contributed by atoms with E-state index in [-0.39, 0.29) is 17.3 Å². The third kappa shape index (κ3) is 4.89. The molecule has 0 atom stereocenters. The molecule has 1 aromatic heterocycles. The number of carbonyl (C=O) groups is 1. The summed E-state index contributed by atoms with van der Waals surface area (Å²) in [4.78, 5) is 30.5. The largest absolute Gasteiger partial charge is 0.465 e. The maximum Gasteiger partial charge on any atom is 0.353 e. The van der Waals surface area contributed by atoms with Gasteiger partial charge >= 0.3 is 11.7 Å². The van der Waals surface area contributed by atoms with Crippen LogP contribution in [0.3, 0.4) is 0 Å². The quantitative estimate of drug-likeness (QED) is 0.317. The van der Waals surface area contributed by atoms with Crippen LogP contribution in [0, 0.1) is 10.1 Å². The molecule has 11 heteroatoms. The molecule has 0 amide bonds. The van der Waals surface area contributed by atoms with Crippen LogP contribution in [0.15, 0.2) is 48.8 Å². The maximum absolute atomic E-state index is 11.7. The molecule has 3 aromatic rings. The summed E-state index contributed by atoms with van der Waals surface area (Å²) in [5, 5.41) is 18.1. The zero-order valence-electron chi connectivity index (χ0n) is 14.8. The Morgan fingerprint density at radius 1 is 1.00 bits per heavy atom. The first-order valence-corrected chi connectivity index (χ1v) is 8.81. The van der Waals surface area contributed by atoms with Crippen molar-refractivity contribution in [1.29, 1.82) is 0 Å². The highest BCUT2D eigenvalue weighted by molar-refractivity contribution is 6.35. The first-order valence-electron chi connectivity index (χ1n) is 8.05. The predicted molar refractivity (Wildman–Crippen MR) is 109 cm³/mol. The Kier molecular flexibility index (Phi) is 6.10. The minimum atomic E-state index is -0.611. The van der Waals surface area contributed by atoms with Crippen LogP contribution in [0.4, 0.5) is 28.7 Å². The summed E-state index contributed by atoms with van der Waals surface area (Å²) in [6.07, 6.45) is 1.17. The van der Waals surface area contributed by atoms with Gasteiger partial charge in [0.15, 0.2) is 0 Å². The van der Waals surface area contributed by atoms with E-state index in [0.717, 1.165) is 0 Å². The zero-order chi connectivity index (χ0) is 21.0. The van der Waals surface area contributed by atoms with E-state index in [0.29, 0.717) is 27.0 Å². The molecular weight excluding hydrogens is 421 g/mol. The highest BCUT2D eigenvalue weighted by Gasteiger charge is 2.23. The Morgan fingerprint density at radius 2 is 1.55 bits per heavy atom. The van der Waals surface area contributed by atoms with Crippen LogP contribution in [0.5, 0.6) is 0 Å². The van der Waals surface area contributed by atoms with Crippen molar-refractivity contribution >= 4 is 57.9 Å². The van der Waals surface area contributed by atoms with Crippen molar-refractivity contribution < 1.29 is 14.5 Å². The van der Waals surface area contributed by atoms with Crippen LogP contribution in [-0.2, 0) is 4.74 Å². The van der Waals surface area contributed by atoms with Crippen molar-refractivity contribution in [2.75, 3.05) is 17.7 Å². The van der Waals surface area contributed by atoms with Crippen LogP contribution in [0.1, 0.15) is 10.4 Å². The molecule has 2 aromatic carbocycles. The number of nitrogens with zero attached hydrogens (tertiary/aromatic N) is 3. The summed E-state index contributed by atoms with van der Waals surface area (Å²) in [5.41, 5.74) is 0.880. The van der Waals surface area contributed by atoms with Crippen LogP contribution in [-0.4, -0.2) is 28.0 Å².